The van der Waals surface area contributed by atoms with Gasteiger partial charge in [0.1, 0.15) is 17.0 Å². The second-order valence-corrected chi connectivity index (χ2v) is 7.81. The summed E-state index contributed by atoms with van der Waals surface area (Å²) in [5.74, 6) is -1.64. The Labute approximate surface area is 151 Å². The van der Waals surface area contributed by atoms with Crippen LogP contribution in [0.25, 0.3) is 10.9 Å². The molecule has 0 saturated carbocycles. The van der Waals surface area contributed by atoms with Gasteiger partial charge in [0.25, 0.3) is 0 Å². The Hall–Kier alpha value is -2.05. The van der Waals surface area contributed by atoms with Crippen molar-refractivity contribution in [2.24, 2.45) is 5.73 Å². The summed E-state index contributed by atoms with van der Waals surface area (Å²) < 4.78 is 6.79. The normalized spacial score (nSPS) is 14.4. The van der Waals surface area contributed by atoms with Crippen molar-refractivity contribution >= 4 is 34.4 Å². The summed E-state index contributed by atoms with van der Waals surface area (Å²) in [6, 6.07) is 4.97. The van der Waals surface area contributed by atoms with E-state index >= 15 is 0 Å². The molecule has 2 rings (SSSR count). The summed E-state index contributed by atoms with van der Waals surface area (Å²) in [5.41, 5.74) is 5.72. The van der Waals surface area contributed by atoms with Crippen LogP contribution in [0.15, 0.2) is 18.2 Å². The molecule has 0 aliphatic rings. The highest BCUT2D eigenvalue weighted by atomic mass is 35.5. The first-order chi connectivity index (χ1) is 11.3. The van der Waals surface area contributed by atoms with Crippen molar-refractivity contribution in [1.82, 2.24) is 4.57 Å². The zero-order chi connectivity index (χ0) is 19.2. The number of nitrogens with zero attached hydrogens (tertiary/aromatic N) is 1. The lowest BCUT2D eigenvalue weighted by Gasteiger charge is -2.30. The van der Waals surface area contributed by atoms with Gasteiger partial charge in [0.15, 0.2) is 0 Å². The number of carboxylic acid groups (broad SMARTS) is 1. The maximum absolute atomic E-state index is 12.2. The number of carboxylic acids is 1. The van der Waals surface area contributed by atoms with Crippen LogP contribution >= 0.6 is 11.6 Å². The first-order valence-corrected chi connectivity index (χ1v) is 8.26. The Morgan fingerprint density at radius 3 is 2.40 bits per heavy atom. The van der Waals surface area contributed by atoms with Gasteiger partial charge in [-0.15, -0.1) is 0 Å². The summed E-state index contributed by atoms with van der Waals surface area (Å²) in [7, 11) is 0. The van der Waals surface area contributed by atoms with Crippen molar-refractivity contribution in [1.29, 1.82) is 0 Å². The first-order valence-electron chi connectivity index (χ1n) is 7.88. The third-order valence-electron chi connectivity index (χ3n) is 3.81. The molecule has 0 amide bonds. The molecule has 0 aliphatic carbocycles. The minimum atomic E-state index is -1.30. The molecule has 1 unspecified atom stereocenters. The quantitative estimate of drug-likeness (QED) is 0.805. The van der Waals surface area contributed by atoms with Gasteiger partial charge in [-0.25, -0.2) is 4.79 Å². The van der Waals surface area contributed by atoms with Crippen LogP contribution in [0.5, 0.6) is 0 Å². The van der Waals surface area contributed by atoms with Crippen LogP contribution in [0.1, 0.15) is 50.2 Å². The fourth-order valence-electron chi connectivity index (χ4n) is 2.88. The number of aromatic carboxylic acids is 1. The average molecular weight is 367 g/mol. The van der Waals surface area contributed by atoms with Crippen LogP contribution in [-0.4, -0.2) is 27.2 Å². The molecule has 3 N–H and O–H groups in total. The van der Waals surface area contributed by atoms with E-state index in [-0.39, 0.29) is 12.1 Å². The predicted molar refractivity (Wildman–Crippen MR) is 96.9 cm³/mol. The molecule has 136 valence electrons. The molecule has 25 heavy (non-hydrogen) atoms. The molecule has 0 aliphatic heterocycles. The fourth-order valence-corrected chi connectivity index (χ4v) is 3.03. The van der Waals surface area contributed by atoms with Crippen LogP contribution in [0.3, 0.4) is 0 Å². The number of halogens is 1. The summed E-state index contributed by atoms with van der Waals surface area (Å²) in [4.78, 5) is 24.0. The van der Waals surface area contributed by atoms with Gasteiger partial charge in [-0.05, 0) is 52.3 Å². The number of rotatable bonds is 4. The summed E-state index contributed by atoms with van der Waals surface area (Å²) in [6.45, 7) is 8.67. The van der Waals surface area contributed by atoms with Crippen molar-refractivity contribution in [3.8, 4) is 0 Å². The maximum Gasteiger partial charge on any atom is 0.352 e. The Kier molecular flexibility index (Phi) is 4.90. The van der Waals surface area contributed by atoms with Gasteiger partial charge in [0.05, 0.1) is 11.9 Å². The van der Waals surface area contributed by atoms with E-state index < -0.39 is 23.2 Å². The van der Waals surface area contributed by atoms with Crippen molar-refractivity contribution < 1.29 is 19.4 Å². The molecule has 0 spiro atoms. The summed E-state index contributed by atoms with van der Waals surface area (Å²) >= 11 is 6.20. The second-order valence-electron chi connectivity index (χ2n) is 7.40. The molecule has 0 bridgehead atoms. The van der Waals surface area contributed by atoms with E-state index in [9.17, 15) is 14.7 Å². The monoisotopic (exact) mass is 366 g/mol. The van der Waals surface area contributed by atoms with Crippen molar-refractivity contribution in [2.45, 2.75) is 52.3 Å². The fraction of sp³-hybridized carbons (Fsp3) is 0.444. The average Bonchev–Trinajstić information content (AvgIpc) is 2.81. The molecule has 1 aromatic heterocycles. The van der Waals surface area contributed by atoms with Crippen LogP contribution < -0.4 is 5.73 Å². The van der Waals surface area contributed by atoms with E-state index in [0.717, 1.165) is 0 Å². The van der Waals surface area contributed by atoms with Gasteiger partial charge in [0.2, 0.25) is 0 Å². The number of fused-ring (bicyclic) bond motifs is 1. The Morgan fingerprint density at radius 2 is 1.88 bits per heavy atom. The topological polar surface area (TPSA) is 94.5 Å². The number of benzene rings is 1. The van der Waals surface area contributed by atoms with Gasteiger partial charge in [-0.1, -0.05) is 17.7 Å². The highest BCUT2D eigenvalue weighted by Crippen LogP contribution is 2.33. The standard InChI is InChI=1S/C18H23ClN2O4/c1-10-12(19)7-6-11-8-13(16(23)24)21(15(10)11)18(5,20)9-14(22)25-17(2,3)4/h6-8H,9,20H2,1-5H3,(H,23,24). The number of carbonyl (C=O) groups is 2. The van der Waals surface area contributed by atoms with E-state index in [4.69, 9.17) is 22.1 Å². The lowest BCUT2D eigenvalue weighted by atomic mass is 10.1. The number of esters is 1. The number of aromatic nitrogens is 1. The first kappa shape index (κ1) is 19.3. The molecule has 0 radical (unpaired) electrons. The molecule has 0 fully saturated rings. The lowest BCUT2D eigenvalue weighted by molar-refractivity contribution is -0.157. The number of aryl methyl sites for hydroxylation is 1. The van der Waals surface area contributed by atoms with Gasteiger partial charge in [-0.3, -0.25) is 4.79 Å². The van der Waals surface area contributed by atoms with Crippen LogP contribution in [-0.2, 0) is 15.2 Å². The number of hydrogen-bond donors (Lipinski definition) is 2. The van der Waals surface area contributed by atoms with Crippen LogP contribution in [0, 0.1) is 6.92 Å². The lowest BCUT2D eigenvalue weighted by Crippen LogP contribution is -2.44. The van der Waals surface area contributed by atoms with Crippen LogP contribution in [0.4, 0.5) is 0 Å². The SMILES string of the molecule is Cc1c(Cl)ccc2cc(C(=O)O)n(C(C)(N)CC(=O)OC(C)(C)C)c12. The molecule has 1 atom stereocenters. The molecule has 7 heteroatoms. The largest absolute Gasteiger partial charge is 0.477 e. The summed E-state index contributed by atoms with van der Waals surface area (Å²) in [6.07, 6.45) is -0.180. The Morgan fingerprint density at radius 1 is 1.28 bits per heavy atom. The molecule has 2 aromatic rings. The number of carbonyl (C=O) groups excluding carboxylic acids is 1. The van der Waals surface area contributed by atoms with Gasteiger partial charge >= 0.3 is 11.9 Å². The van der Waals surface area contributed by atoms with Crippen molar-refractivity contribution in [2.75, 3.05) is 0 Å². The zero-order valence-corrected chi connectivity index (χ0v) is 15.8. The van der Waals surface area contributed by atoms with Crippen molar-refractivity contribution in [3.63, 3.8) is 0 Å². The molecular weight excluding hydrogens is 344 g/mol. The van der Waals surface area contributed by atoms with E-state index in [1.54, 1.807) is 46.8 Å². The van der Waals surface area contributed by atoms with E-state index in [1.807, 2.05) is 0 Å². The zero-order valence-electron chi connectivity index (χ0n) is 15.0. The predicted octanol–water partition coefficient (Wildman–Crippen LogP) is 3.66. The minimum Gasteiger partial charge on any atom is -0.477 e. The van der Waals surface area contributed by atoms with E-state index in [0.29, 0.717) is 21.5 Å². The number of nitrogens with two attached hydrogens (primary N) is 1. The maximum atomic E-state index is 12.2. The van der Waals surface area contributed by atoms with Gasteiger partial charge in [0, 0.05) is 10.4 Å². The number of ether oxygens (including phenoxy) is 1. The smallest absolute Gasteiger partial charge is 0.352 e. The third-order valence-corrected chi connectivity index (χ3v) is 4.21. The van der Waals surface area contributed by atoms with E-state index in [1.165, 1.54) is 10.6 Å². The highest BCUT2D eigenvalue weighted by molar-refractivity contribution is 6.32. The van der Waals surface area contributed by atoms with E-state index in [2.05, 4.69) is 0 Å². The van der Waals surface area contributed by atoms with Gasteiger partial charge < -0.3 is 20.1 Å². The summed E-state index contributed by atoms with van der Waals surface area (Å²) in [5, 5.41) is 10.8. The second kappa shape index (κ2) is 6.35. The Bertz CT molecular complexity index is 847. The minimum absolute atomic E-state index is 0.00562. The molecule has 6 nitrogen and oxygen atoms in total. The van der Waals surface area contributed by atoms with Crippen molar-refractivity contribution in [3.05, 3.63) is 34.5 Å². The molecule has 1 aromatic carbocycles. The molecular formula is C18H23ClN2O4. The van der Waals surface area contributed by atoms with Gasteiger partial charge in [-0.2, -0.15) is 0 Å². The highest BCUT2D eigenvalue weighted by Gasteiger charge is 2.33. The molecule has 0 saturated heterocycles. The van der Waals surface area contributed by atoms with Crippen LogP contribution in [0.2, 0.25) is 5.02 Å². The molecule has 1 heterocycles. The Balaban J connectivity index is 2.61. The number of hydrogen-bond acceptors (Lipinski definition) is 4. The third kappa shape index (κ3) is 3.96.